The highest BCUT2D eigenvalue weighted by Crippen LogP contribution is 2.19. The lowest BCUT2D eigenvalue weighted by Crippen LogP contribution is -2.18. The van der Waals surface area contributed by atoms with Gasteiger partial charge in [0.05, 0.1) is 13.7 Å². The van der Waals surface area contributed by atoms with Gasteiger partial charge in [-0.25, -0.2) is 9.97 Å². The van der Waals surface area contributed by atoms with Crippen LogP contribution in [0.25, 0.3) is 0 Å². The molecule has 5 nitrogen and oxygen atoms in total. The van der Waals surface area contributed by atoms with Crippen LogP contribution in [0.3, 0.4) is 0 Å². The molecular formula is C15H20N4O. The lowest BCUT2D eigenvalue weighted by atomic mass is 10.3. The number of anilines is 2. The SMILES string of the molecule is CNc1cc(C)nc(CN(C)c2ccc(OC)cc2)n1. The van der Waals surface area contributed by atoms with Crippen LogP contribution in [0.2, 0.25) is 0 Å². The van der Waals surface area contributed by atoms with Gasteiger partial charge in [0, 0.05) is 31.5 Å². The van der Waals surface area contributed by atoms with E-state index in [0.717, 1.165) is 28.8 Å². The van der Waals surface area contributed by atoms with Gasteiger partial charge >= 0.3 is 0 Å². The van der Waals surface area contributed by atoms with Gasteiger partial charge in [-0.15, -0.1) is 0 Å². The lowest BCUT2D eigenvalue weighted by Gasteiger charge is -2.19. The fraction of sp³-hybridized carbons (Fsp3) is 0.333. The molecule has 0 radical (unpaired) electrons. The van der Waals surface area contributed by atoms with Gasteiger partial charge in [0.2, 0.25) is 0 Å². The fourth-order valence-corrected chi connectivity index (χ4v) is 1.97. The van der Waals surface area contributed by atoms with Crippen molar-refractivity contribution in [3.8, 4) is 5.75 Å². The number of hydrogen-bond donors (Lipinski definition) is 1. The first-order valence-electron chi connectivity index (χ1n) is 6.50. The summed E-state index contributed by atoms with van der Waals surface area (Å²) in [5.74, 6) is 2.50. The molecule has 106 valence electrons. The second-order valence-electron chi connectivity index (χ2n) is 4.61. The number of aryl methyl sites for hydroxylation is 1. The number of methoxy groups -OCH3 is 1. The van der Waals surface area contributed by atoms with Gasteiger partial charge in [-0.1, -0.05) is 0 Å². The van der Waals surface area contributed by atoms with Gasteiger partial charge in [0.1, 0.15) is 17.4 Å². The Kier molecular flexibility index (Phi) is 4.40. The third-order valence-electron chi connectivity index (χ3n) is 3.05. The second-order valence-corrected chi connectivity index (χ2v) is 4.61. The topological polar surface area (TPSA) is 50.3 Å². The van der Waals surface area contributed by atoms with Gasteiger partial charge in [-0.05, 0) is 31.2 Å². The predicted molar refractivity (Wildman–Crippen MR) is 81.4 cm³/mol. The molecular weight excluding hydrogens is 252 g/mol. The Morgan fingerprint density at radius 1 is 1.20 bits per heavy atom. The van der Waals surface area contributed by atoms with Crippen LogP contribution < -0.4 is 15.0 Å². The monoisotopic (exact) mass is 272 g/mol. The van der Waals surface area contributed by atoms with Crippen molar-refractivity contribution in [2.75, 3.05) is 31.4 Å². The first-order valence-corrected chi connectivity index (χ1v) is 6.50. The molecule has 0 fully saturated rings. The first kappa shape index (κ1) is 14.1. The van der Waals surface area contributed by atoms with Gasteiger partial charge < -0.3 is 15.0 Å². The molecule has 0 saturated carbocycles. The van der Waals surface area contributed by atoms with Gasteiger partial charge in [0.25, 0.3) is 0 Å². The van der Waals surface area contributed by atoms with Crippen LogP contribution in [0.15, 0.2) is 30.3 Å². The Morgan fingerprint density at radius 2 is 1.90 bits per heavy atom. The summed E-state index contributed by atoms with van der Waals surface area (Å²) in [6.07, 6.45) is 0. The zero-order valence-corrected chi connectivity index (χ0v) is 12.3. The summed E-state index contributed by atoms with van der Waals surface area (Å²) in [7, 11) is 5.55. The van der Waals surface area contributed by atoms with Crippen molar-refractivity contribution in [3.05, 3.63) is 41.9 Å². The highest BCUT2D eigenvalue weighted by molar-refractivity contribution is 5.48. The van der Waals surface area contributed by atoms with Crippen molar-refractivity contribution in [3.63, 3.8) is 0 Å². The molecule has 0 aliphatic rings. The number of hydrogen-bond acceptors (Lipinski definition) is 5. The van der Waals surface area contributed by atoms with E-state index in [-0.39, 0.29) is 0 Å². The Bertz CT molecular complexity index is 569. The van der Waals surface area contributed by atoms with Gasteiger partial charge in [-0.2, -0.15) is 0 Å². The lowest BCUT2D eigenvalue weighted by molar-refractivity contribution is 0.415. The average Bonchev–Trinajstić information content (AvgIpc) is 2.46. The molecule has 0 bridgehead atoms. The van der Waals surface area contributed by atoms with Crippen LogP contribution in [-0.2, 0) is 6.54 Å². The van der Waals surface area contributed by atoms with E-state index >= 15 is 0 Å². The zero-order valence-electron chi connectivity index (χ0n) is 12.3. The molecule has 2 rings (SSSR count). The Hall–Kier alpha value is -2.30. The molecule has 1 aromatic carbocycles. The fourth-order valence-electron chi connectivity index (χ4n) is 1.97. The van der Waals surface area contributed by atoms with E-state index in [1.165, 1.54) is 0 Å². The predicted octanol–water partition coefficient (Wildman–Crippen LogP) is 2.47. The quantitative estimate of drug-likeness (QED) is 0.906. The van der Waals surface area contributed by atoms with Crippen molar-refractivity contribution >= 4 is 11.5 Å². The van der Waals surface area contributed by atoms with Crippen LogP contribution in [0.1, 0.15) is 11.5 Å². The largest absolute Gasteiger partial charge is 0.497 e. The Labute approximate surface area is 119 Å². The van der Waals surface area contributed by atoms with E-state index in [9.17, 15) is 0 Å². The van der Waals surface area contributed by atoms with E-state index in [2.05, 4.69) is 20.2 Å². The molecule has 0 spiro atoms. The Balaban J connectivity index is 2.13. The summed E-state index contributed by atoms with van der Waals surface area (Å²) in [5, 5.41) is 3.05. The number of ether oxygens (including phenoxy) is 1. The maximum absolute atomic E-state index is 5.16. The average molecular weight is 272 g/mol. The van der Waals surface area contributed by atoms with Gasteiger partial charge in [0.15, 0.2) is 0 Å². The maximum atomic E-state index is 5.16. The molecule has 0 aliphatic carbocycles. The van der Waals surface area contributed by atoms with E-state index in [4.69, 9.17) is 4.74 Å². The molecule has 0 unspecified atom stereocenters. The summed E-state index contributed by atoms with van der Waals surface area (Å²) < 4.78 is 5.16. The molecule has 2 aromatic rings. The molecule has 1 heterocycles. The van der Waals surface area contributed by atoms with Crippen molar-refractivity contribution in [1.29, 1.82) is 0 Å². The van der Waals surface area contributed by atoms with E-state index < -0.39 is 0 Å². The summed E-state index contributed by atoms with van der Waals surface area (Å²) >= 11 is 0. The highest BCUT2D eigenvalue weighted by atomic mass is 16.5. The highest BCUT2D eigenvalue weighted by Gasteiger charge is 2.06. The van der Waals surface area contributed by atoms with Crippen molar-refractivity contribution in [1.82, 2.24) is 9.97 Å². The van der Waals surface area contributed by atoms with Crippen LogP contribution in [0.5, 0.6) is 5.75 Å². The minimum Gasteiger partial charge on any atom is -0.497 e. The van der Waals surface area contributed by atoms with Crippen molar-refractivity contribution in [2.24, 2.45) is 0 Å². The number of benzene rings is 1. The molecule has 0 atom stereocenters. The van der Waals surface area contributed by atoms with E-state index in [1.54, 1.807) is 7.11 Å². The summed E-state index contributed by atoms with van der Waals surface area (Å²) in [6, 6.07) is 9.86. The zero-order chi connectivity index (χ0) is 14.5. The first-order chi connectivity index (χ1) is 9.62. The van der Waals surface area contributed by atoms with Crippen LogP contribution >= 0.6 is 0 Å². The van der Waals surface area contributed by atoms with E-state index in [0.29, 0.717) is 6.54 Å². The third kappa shape index (κ3) is 3.38. The minimum atomic E-state index is 0.655. The third-order valence-corrected chi connectivity index (χ3v) is 3.05. The summed E-state index contributed by atoms with van der Waals surface area (Å²) in [6.45, 7) is 2.63. The molecule has 1 N–H and O–H groups in total. The van der Waals surface area contributed by atoms with Crippen LogP contribution in [0, 0.1) is 6.92 Å². The molecule has 0 saturated heterocycles. The minimum absolute atomic E-state index is 0.655. The summed E-state index contributed by atoms with van der Waals surface area (Å²) in [5.41, 5.74) is 2.06. The molecule has 0 aliphatic heterocycles. The number of aromatic nitrogens is 2. The number of nitrogens with one attached hydrogen (secondary N) is 1. The van der Waals surface area contributed by atoms with Crippen molar-refractivity contribution in [2.45, 2.75) is 13.5 Å². The normalized spacial score (nSPS) is 10.2. The smallest absolute Gasteiger partial charge is 0.150 e. The number of rotatable bonds is 5. The summed E-state index contributed by atoms with van der Waals surface area (Å²) in [4.78, 5) is 11.0. The van der Waals surface area contributed by atoms with Gasteiger partial charge in [-0.3, -0.25) is 0 Å². The van der Waals surface area contributed by atoms with Crippen LogP contribution in [-0.4, -0.2) is 31.2 Å². The molecule has 5 heteroatoms. The standard InChI is InChI=1S/C15H20N4O/c1-11-9-14(16-2)18-15(17-11)10-19(3)12-5-7-13(20-4)8-6-12/h5-9H,10H2,1-4H3,(H,16,17,18). The second kappa shape index (κ2) is 6.23. The maximum Gasteiger partial charge on any atom is 0.150 e. The molecule has 1 aromatic heterocycles. The molecule has 20 heavy (non-hydrogen) atoms. The van der Waals surface area contributed by atoms with E-state index in [1.807, 2.05) is 51.4 Å². The van der Waals surface area contributed by atoms with Crippen LogP contribution in [0.4, 0.5) is 11.5 Å². The number of nitrogens with zero attached hydrogens (tertiary/aromatic N) is 3. The molecule has 0 amide bonds. The van der Waals surface area contributed by atoms with Crippen molar-refractivity contribution < 1.29 is 4.74 Å². The Morgan fingerprint density at radius 3 is 2.50 bits per heavy atom.